The molecule has 2 aromatic rings. The number of aromatic nitrogens is 1. The summed E-state index contributed by atoms with van der Waals surface area (Å²) in [7, 11) is 0. The predicted molar refractivity (Wildman–Crippen MR) is 83.3 cm³/mol. The van der Waals surface area contributed by atoms with Crippen LogP contribution in [0, 0.1) is 0 Å². The third-order valence-corrected chi connectivity index (χ3v) is 5.76. The van der Waals surface area contributed by atoms with E-state index in [0.717, 1.165) is 23.0 Å². The molecule has 3 nitrogen and oxygen atoms in total. The Hall–Kier alpha value is -1.00. The van der Waals surface area contributed by atoms with Gasteiger partial charge in [-0.1, -0.05) is 12.1 Å². The molecule has 0 aliphatic carbocycles. The summed E-state index contributed by atoms with van der Waals surface area (Å²) in [5.41, 5.74) is 1.93. The Morgan fingerprint density at radius 2 is 2.00 bits per heavy atom. The van der Waals surface area contributed by atoms with E-state index in [1.807, 2.05) is 24.3 Å². The van der Waals surface area contributed by atoms with Gasteiger partial charge in [0.25, 0.3) is 0 Å². The summed E-state index contributed by atoms with van der Waals surface area (Å²) < 4.78 is 5.93. The van der Waals surface area contributed by atoms with Crippen molar-refractivity contribution in [2.24, 2.45) is 0 Å². The number of hydrogen-bond donors (Lipinski definition) is 0. The van der Waals surface area contributed by atoms with Crippen LogP contribution in [-0.4, -0.2) is 40.5 Å². The van der Waals surface area contributed by atoms with Crippen LogP contribution in [0.25, 0.3) is 11.1 Å². The highest BCUT2D eigenvalue weighted by Crippen LogP contribution is 2.32. The molecule has 0 amide bonds. The van der Waals surface area contributed by atoms with Crippen molar-refractivity contribution in [3.8, 4) is 0 Å². The molecule has 1 aromatic heterocycles. The van der Waals surface area contributed by atoms with Gasteiger partial charge in [0, 0.05) is 17.7 Å². The molecule has 106 valence electrons. The fourth-order valence-corrected chi connectivity index (χ4v) is 4.64. The van der Waals surface area contributed by atoms with E-state index in [-0.39, 0.29) is 0 Å². The minimum absolute atomic E-state index is 0.507. The average Bonchev–Trinajstić information content (AvgIpc) is 3.17. The van der Waals surface area contributed by atoms with E-state index < -0.39 is 0 Å². The largest absolute Gasteiger partial charge is 0.440 e. The van der Waals surface area contributed by atoms with Crippen molar-refractivity contribution < 1.29 is 4.42 Å². The number of piperidine rings is 1. The van der Waals surface area contributed by atoms with E-state index in [0.29, 0.717) is 5.92 Å². The number of rotatable bonds is 2. The number of likely N-dealkylation sites (tertiary alicyclic amines) is 1. The Morgan fingerprint density at radius 3 is 2.75 bits per heavy atom. The second kappa shape index (κ2) is 5.41. The molecule has 1 unspecified atom stereocenters. The molecule has 1 atom stereocenters. The Morgan fingerprint density at radius 1 is 1.15 bits per heavy atom. The summed E-state index contributed by atoms with van der Waals surface area (Å²) in [6.07, 6.45) is 3.75. The van der Waals surface area contributed by atoms with Crippen molar-refractivity contribution in [3.63, 3.8) is 0 Å². The van der Waals surface area contributed by atoms with E-state index >= 15 is 0 Å². The van der Waals surface area contributed by atoms with Crippen LogP contribution in [0.4, 0.5) is 0 Å². The molecule has 2 saturated heterocycles. The Balaban J connectivity index is 1.45. The molecule has 2 fully saturated rings. The quantitative estimate of drug-likeness (QED) is 0.845. The maximum atomic E-state index is 5.93. The third-order valence-electron chi connectivity index (χ3n) is 4.61. The number of benzene rings is 1. The average molecular weight is 288 g/mol. The maximum Gasteiger partial charge on any atom is 0.198 e. The van der Waals surface area contributed by atoms with Gasteiger partial charge in [-0.25, -0.2) is 4.98 Å². The molecule has 20 heavy (non-hydrogen) atoms. The second-order valence-corrected chi connectivity index (χ2v) is 7.00. The summed E-state index contributed by atoms with van der Waals surface area (Å²) in [5, 5.41) is 0. The number of nitrogens with zero attached hydrogens (tertiary/aromatic N) is 2. The van der Waals surface area contributed by atoms with Gasteiger partial charge < -0.3 is 4.42 Å². The van der Waals surface area contributed by atoms with Crippen molar-refractivity contribution in [3.05, 3.63) is 30.2 Å². The van der Waals surface area contributed by atoms with Gasteiger partial charge in [-0.15, -0.1) is 0 Å². The zero-order chi connectivity index (χ0) is 13.4. The molecular formula is C16H20N2OS. The first-order chi connectivity index (χ1) is 9.90. The van der Waals surface area contributed by atoms with Gasteiger partial charge in [0.15, 0.2) is 11.5 Å². The van der Waals surface area contributed by atoms with Crippen molar-refractivity contribution in [2.45, 2.75) is 31.2 Å². The number of hydrogen-bond acceptors (Lipinski definition) is 4. The van der Waals surface area contributed by atoms with Crippen LogP contribution >= 0.6 is 11.8 Å². The van der Waals surface area contributed by atoms with Gasteiger partial charge >= 0.3 is 0 Å². The molecule has 1 aromatic carbocycles. The minimum Gasteiger partial charge on any atom is -0.440 e. The summed E-state index contributed by atoms with van der Waals surface area (Å²) in [6, 6.07) is 8.90. The molecule has 0 saturated carbocycles. The highest BCUT2D eigenvalue weighted by atomic mass is 32.2. The van der Waals surface area contributed by atoms with Gasteiger partial charge in [-0.3, -0.25) is 4.90 Å². The van der Waals surface area contributed by atoms with Crippen LogP contribution in [0.3, 0.4) is 0 Å². The van der Waals surface area contributed by atoms with Crippen LogP contribution in [0.2, 0.25) is 0 Å². The lowest BCUT2D eigenvalue weighted by atomic mass is 9.95. The normalized spacial score (nSPS) is 25.5. The summed E-state index contributed by atoms with van der Waals surface area (Å²) >= 11 is 2.10. The van der Waals surface area contributed by atoms with E-state index in [2.05, 4.69) is 21.6 Å². The molecule has 0 bridgehead atoms. The summed E-state index contributed by atoms with van der Waals surface area (Å²) in [6.45, 7) is 2.41. The van der Waals surface area contributed by atoms with Gasteiger partial charge in [0.2, 0.25) is 0 Å². The highest BCUT2D eigenvalue weighted by molar-refractivity contribution is 7.99. The van der Waals surface area contributed by atoms with Gasteiger partial charge in [-0.05, 0) is 50.2 Å². The smallest absolute Gasteiger partial charge is 0.198 e. The number of thioether (sulfide) groups is 1. The standard InChI is InChI=1S/C16H20N2OS/c1-2-4-15-14(3-1)17-16(19-15)12-5-8-18(9-6-12)13-7-10-20-11-13/h1-4,12-13H,5-11H2. The monoisotopic (exact) mass is 288 g/mol. The van der Waals surface area contributed by atoms with E-state index in [4.69, 9.17) is 4.42 Å². The lowest BCUT2D eigenvalue weighted by Gasteiger charge is -2.34. The SMILES string of the molecule is c1ccc2oc(C3CCN(C4CCSC4)CC3)nc2c1. The molecule has 2 aliphatic rings. The first-order valence-corrected chi connectivity index (χ1v) is 8.73. The molecule has 4 rings (SSSR count). The van der Waals surface area contributed by atoms with E-state index in [1.165, 1.54) is 43.9 Å². The number of oxazole rings is 1. The van der Waals surface area contributed by atoms with E-state index in [1.54, 1.807) is 0 Å². The maximum absolute atomic E-state index is 5.93. The highest BCUT2D eigenvalue weighted by Gasteiger charge is 2.29. The molecule has 0 spiro atoms. The topological polar surface area (TPSA) is 29.3 Å². The first-order valence-electron chi connectivity index (χ1n) is 7.57. The number of para-hydroxylation sites is 2. The Bertz CT molecular complexity index is 550. The van der Waals surface area contributed by atoms with Crippen LogP contribution in [0.5, 0.6) is 0 Å². The lowest BCUT2D eigenvalue weighted by Crippen LogP contribution is -2.41. The number of fused-ring (bicyclic) bond motifs is 1. The first kappa shape index (κ1) is 12.7. The zero-order valence-electron chi connectivity index (χ0n) is 11.6. The fraction of sp³-hybridized carbons (Fsp3) is 0.562. The van der Waals surface area contributed by atoms with Crippen LogP contribution < -0.4 is 0 Å². The Labute approximate surface area is 123 Å². The van der Waals surface area contributed by atoms with Crippen LogP contribution in [0.15, 0.2) is 28.7 Å². The molecule has 0 radical (unpaired) electrons. The van der Waals surface area contributed by atoms with Crippen LogP contribution in [-0.2, 0) is 0 Å². The van der Waals surface area contributed by atoms with Gasteiger partial charge in [0.05, 0.1) is 0 Å². The molecule has 4 heteroatoms. The Kier molecular flexibility index (Phi) is 3.44. The molecule has 0 N–H and O–H groups in total. The summed E-state index contributed by atoms with van der Waals surface area (Å²) in [4.78, 5) is 7.35. The third kappa shape index (κ3) is 2.35. The van der Waals surface area contributed by atoms with Gasteiger partial charge in [0.1, 0.15) is 5.52 Å². The van der Waals surface area contributed by atoms with Crippen molar-refractivity contribution in [1.29, 1.82) is 0 Å². The van der Waals surface area contributed by atoms with Crippen molar-refractivity contribution in [2.75, 3.05) is 24.6 Å². The second-order valence-electron chi connectivity index (χ2n) is 5.85. The van der Waals surface area contributed by atoms with Crippen LogP contribution in [0.1, 0.15) is 31.1 Å². The molecule has 2 aliphatic heterocycles. The minimum atomic E-state index is 0.507. The summed E-state index contributed by atoms with van der Waals surface area (Å²) in [5.74, 6) is 4.13. The molecule has 3 heterocycles. The lowest BCUT2D eigenvalue weighted by molar-refractivity contribution is 0.157. The zero-order valence-corrected chi connectivity index (χ0v) is 12.4. The van der Waals surface area contributed by atoms with Crippen molar-refractivity contribution >= 4 is 22.9 Å². The fourth-order valence-electron chi connectivity index (χ4n) is 3.39. The van der Waals surface area contributed by atoms with Gasteiger partial charge in [-0.2, -0.15) is 11.8 Å². The van der Waals surface area contributed by atoms with Crippen molar-refractivity contribution in [1.82, 2.24) is 9.88 Å². The predicted octanol–water partition coefficient (Wildman–Crippen LogP) is 3.51. The van der Waals surface area contributed by atoms with E-state index in [9.17, 15) is 0 Å². The molecular weight excluding hydrogens is 268 g/mol.